The van der Waals surface area contributed by atoms with Crippen molar-refractivity contribution in [1.29, 1.82) is 0 Å². The first-order valence-corrected chi connectivity index (χ1v) is 11.8. The Kier molecular flexibility index (Phi) is 7.60. The van der Waals surface area contributed by atoms with Gasteiger partial charge in [0.1, 0.15) is 11.5 Å². The van der Waals surface area contributed by atoms with Crippen LogP contribution in [0.2, 0.25) is 0 Å². The van der Waals surface area contributed by atoms with Crippen molar-refractivity contribution in [2.45, 2.75) is 32.2 Å². The number of nitrogens with zero attached hydrogens (tertiary/aromatic N) is 2. The summed E-state index contributed by atoms with van der Waals surface area (Å²) in [4.78, 5) is 10.7. The fourth-order valence-corrected chi connectivity index (χ4v) is 4.33. The molecule has 0 atom stereocenters. The summed E-state index contributed by atoms with van der Waals surface area (Å²) < 4.78 is 10.9. The molecule has 0 spiro atoms. The number of methoxy groups -OCH3 is 2. The molecular weight excluding hydrogens is 414 g/mol. The third-order valence-electron chi connectivity index (χ3n) is 6.12. The van der Waals surface area contributed by atoms with Gasteiger partial charge in [-0.25, -0.2) is 0 Å². The van der Waals surface area contributed by atoms with E-state index in [2.05, 4.69) is 69.9 Å². The Balaban J connectivity index is 1.31. The van der Waals surface area contributed by atoms with Gasteiger partial charge in [-0.3, -0.25) is 4.99 Å². The van der Waals surface area contributed by atoms with Crippen LogP contribution in [0, 0.1) is 0 Å². The molecule has 0 amide bonds. The van der Waals surface area contributed by atoms with Gasteiger partial charge >= 0.3 is 0 Å². The summed E-state index contributed by atoms with van der Waals surface area (Å²) in [6.07, 6.45) is 2.99. The minimum Gasteiger partial charge on any atom is -0.497 e. The van der Waals surface area contributed by atoms with Crippen LogP contribution in [0.3, 0.4) is 0 Å². The molecule has 3 N–H and O–H groups in total. The number of anilines is 1. The monoisotopic (exact) mass is 449 g/mol. The first kappa shape index (κ1) is 22.8. The topological polar surface area (TPSA) is 73.9 Å². The van der Waals surface area contributed by atoms with E-state index in [0.29, 0.717) is 6.04 Å². The van der Waals surface area contributed by atoms with Crippen molar-refractivity contribution < 1.29 is 9.47 Å². The molecule has 0 unspecified atom stereocenters. The quantitative estimate of drug-likeness (QED) is 0.359. The number of hydrogen-bond acceptors (Lipinski definition) is 4. The summed E-state index contributed by atoms with van der Waals surface area (Å²) in [5, 5.41) is 8.29. The minimum absolute atomic E-state index is 0.402. The lowest BCUT2D eigenvalue weighted by molar-refractivity contribution is 0.393. The van der Waals surface area contributed by atoms with E-state index in [1.165, 1.54) is 16.6 Å². The van der Waals surface area contributed by atoms with Crippen LogP contribution < -0.4 is 25.0 Å². The smallest absolute Gasteiger partial charge is 0.191 e. The van der Waals surface area contributed by atoms with E-state index >= 15 is 0 Å². The highest BCUT2D eigenvalue weighted by molar-refractivity contribution is 5.81. The number of nitrogens with one attached hydrogen (secondary N) is 3. The highest BCUT2D eigenvalue weighted by Gasteiger charge is 2.21. The molecule has 33 heavy (non-hydrogen) atoms. The second-order valence-electron chi connectivity index (χ2n) is 8.37. The van der Waals surface area contributed by atoms with Crippen LogP contribution in [0.25, 0.3) is 10.9 Å². The lowest BCUT2D eigenvalue weighted by Gasteiger charge is -2.34. The molecule has 7 nitrogen and oxygen atoms in total. The van der Waals surface area contributed by atoms with Gasteiger partial charge in [-0.15, -0.1) is 0 Å². The maximum atomic E-state index is 5.43. The van der Waals surface area contributed by atoms with E-state index in [9.17, 15) is 0 Å². The van der Waals surface area contributed by atoms with E-state index in [1.54, 1.807) is 14.2 Å². The average Bonchev–Trinajstić information content (AvgIpc) is 3.27. The number of para-hydroxylation sites is 1. The van der Waals surface area contributed by atoms with Gasteiger partial charge < -0.3 is 30.0 Å². The Morgan fingerprint density at radius 3 is 2.45 bits per heavy atom. The molecule has 1 aliphatic rings. The molecule has 1 saturated heterocycles. The third-order valence-corrected chi connectivity index (χ3v) is 6.12. The number of rotatable bonds is 8. The van der Waals surface area contributed by atoms with Gasteiger partial charge in [-0.05, 0) is 37.3 Å². The summed E-state index contributed by atoms with van der Waals surface area (Å²) in [6, 6.07) is 17.1. The fraction of sp³-hybridized carbons (Fsp3) is 0.423. The van der Waals surface area contributed by atoms with Crippen LogP contribution in [0.1, 0.15) is 25.5 Å². The Morgan fingerprint density at radius 2 is 1.79 bits per heavy atom. The summed E-state index contributed by atoms with van der Waals surface area (Å²) in [7, 11) is 3.38. The van der Waals surface area contributed by atoms with Crippen LogP contribution in [0.5, 0.6) is 11.5 Å². The lowest BCUT2D eigenvalue weighted by atomic mass is 10.0. The number of H-pyrrole nitrogens is 1. The van der Waals surface area contributed by atoms with Gasteiger partial charge in [-0.1, -0.05) is 18.2 Å². The zero-order valence-corrected chi connectivity index (χ0v) is 19.9. The molecule has 0 saturated carbocycles. The van der Waals surface area contributed by atoms with Crippen LogP contribution in [0.4, 0.5) is 5.69 Å². The molecule has 176 valence electrons. The standard InChI is InChI=1S/C26H35N5O2/c1-4-27-26(28-12-9-21-15-19-7-5-6-8-25(19)29-21)30-20-10-13-31(14-11-20)22-16-23(32-2)18-24(17-22)33-3/h5-8,15-18,20,29H,4,9-14H2,1-3H3,(H2,27,28,30). The second-order valence-corrected chi connectivity index (χ2v) is 8.37. The van der Waals surface area contributed by atoms with Crippen molar-refractivity contribution in [1.82, 2.24) is 15.6 Å². The first-order chi connectivity index (χ1) is 16.2. The second kappa shape index (κ2) is 11.0. The Labute approximate surface area is 196 Å². The van der Waals surface area contributed by atoms with E-state index in [4.69, 9.17) is 14.5 Å². The van der Waals surface area contributed by atoms with E-state index in [1.807, 2.05) is 6.07 Å². The van der Waals surface area contributed by atoms with E-state index < -0.39 is 0 Å². The fourth-order valence-electron chi connectivity index (χ4n) is 4.33. The lowest BCUT2D eigenvalue weighted by Crippen LogP contribution is -2.48. The van der Waals surface area contributed by atoms with Gasteiger partial charge in [0.2, 0.25) is 0 Å². The normalized spacial score (nSPS) is 15.0. The van der Waals surface area contributed by atoms with Crippen molar-refractivity contribution in [2.75, 3.05) is 45.3 Å². The van der Waals surface area contributed by atoms with Gasteiger partial charge in [0, 0.05) is 73.7 Å². The third kappa shape index (κ3) is 5.92. The molecular formula is C26H35N5O2. The van der Waals surface area contributed by atoms with Crippen molar-refractivity contribution in [3.05, 3.63) is 54.2 Å². The molecule has 0 radical (unpaired) electrons. The Hall–Kier alpha value is -3.35. The summed E-state index contributed by atoms with van der Waals surface area (Å²) >= 11 is 0. The molecule has 3 aromatic rings. The number of piperidine rings is 1. The molecule has 4 rings (SSSR count). The predicted octanol–water partition coefficient (Wildman–Crippen LogP) is 3.95. The maximum Gasteiger partial charge on any atom is 0.191 e. The molecule has 1 aliphatic heterocycles. The van der Waals surface area contributed by atoms with E-state index in [-0.39, 0.29) is 0 Å². The molecule has 0 aliphatic carbocycles. The highest BCUT2D eigenvalue weighted by Crippen LogP contribution is 2.30. The average molecular weight is 450 g/mol. The van der Waals surface area contributed by atoms with Crippen LogP contribution in [-0.2, 0) is 6.42 Å². The predicted molar refractivity (Wildman–Crippen MR) is 136 cm³/mol. The molecule has 1 fully saturated rings. The van der Waals surface area contributed by atoms with Crippen molar-refractivity contribution in [3.8, 4) is 11.5 Å². The van der Waals surface area contributed by atoms with Crippen LogP contribution in [0.15, 0.2) is 53.5 Å². The van der Waals surface area contributed by atoms with Crippen molar-refractivity contribution >= 4 is 22.5 Å². The number of benzene rings is 2. The van der Waals surface area contributed by atoms with Gasteiger partial charge in [0.25, 0.3) is 0 Å². The number of aromatic amines is 1. The number of aliphatic imine (C=N–C) groups is 1. The summed E-state index contributed by atoms with van der Waals surface area (Å²) in [5.74, 6) is 2.54. The molecule has 0 bridgehead atoms. The number of guanidine groups is 1. The molecule has 1 aromatic heterocycles. The Bertz CT molecular complexity index is 1010. The minimum atomic E-state index is 0.402. The number of fused-ring (bicyclic) bond motifs is 1. The Morgan fingerprint density at radius 1 is 1.06 bits per heavy atom. The van der Waals surface area contributed by atoms with Crippen molar-refractivity contribution in [2.24, 2.45) is 4.99 Å². The molecule has 7 heteroatoms. The SMILES string of the molecule is CCNC(=NCCc1cc2ccccc2[nH]1)NC1CCN(c2cc(OC)cc(OC)c2)CC1. The summed E-state index contributed by atoms with van der Waals surface area (Å²) in [6.45, 7) is 5.64. The maximum absolute atomic E-state index is 5.43. The van der Waals surface area contributed by atoms with E-state index in [0.717, 1.165) is 68.6 Å². The van der Waals surface area contributed by atoms with Crippen LogP contribution >= 0.6 is 0 Å². The van der Waals surface area contributed by atoms with Crippen molar-refractivity contribution in [3.63, 3.8) is 0 Å². The summed E-state index contributed by atoms with van der Waals surface area (Å²) in [5.41, 5.74) is 3.54. The first-order valence-electron chi connectivity index (χ1n) is 11.8. The number of ether oxygens (including phenoxy) is 2. The molecule has 2 aromatic carbocycles. The number of hydrogen-bond donors (Lipinski definition) is 3. The van der Waals surface area contributed by atoms with Crippen LogP contribution in [-0.4, -0.2) is 57.4 Å². The highest BCUT2D eigenvalue weighted by atomic mass is 16.5. The molecule has 2 heterocycles. The zero-order valence-electron chi connectivity index (χ0n) is 19.9. The number of aromatic nitrogens is 1. The zero-order chi connectivity index (χ0) is 23.0. The van der Waals surface area contributed by atoms with Gasteiger partial charge in [0.05, 0.1) is 14.2 Å². The largest absolute Gasteiger partial charge is 0.497 e. The van der Waals surface area contributed by atoms with Gasteiger partial charge in [0.15, 0.2) is 5.96 Å². The van der Waals surface area contributed by atoms with Gasteiger partial charge in [-0.2, -0.15) is 0 Å².